The van der Waals surface area contributed by atoms with Crippen LogP contribution in [-0.2, 0) is 14.4 Å². The van der Waals surface area contributed by atoms with E-state index < -0.39 is 17.8 Å². The minimum atomic E-state index is -1.26. The van der Waals surface area contributed by atoms with Gasteiger partial charge in [-0.05, 0) is 12.1 Å². The number of hydrogen-bond acceptors (Lipinski definition) is 4. The minimum Gasteiger partial charge on any atom is -0.484 e. The molecule has 0 heterocycles. The second-order valence-electron chi connectivity index (χ2n) is 3.31. The van der Waals surface area contributed by atoms with Crippen LogP contribution >= 0.6 is 0 Å². The second-order valence-corrected chi connectivity index (χ2v) is 3.31. The SMILES string of the molecule is O=C(O)/C=C/C(=O)NNC(=O)COc1ccccc1. The molecule has 0 saturated carbocycles. The fraction of sp³-hybridized carbons (Fsp3) is 0.0833. The molecular formula is C12H12N2O5. The van der Waals surface area contributed by atoms with Gasteiger partial charge in [0.05, 0.1) is 0 Å². The van der Waals surface area contributed by atoms with E-state index in [9.17, 15) is 14.4 Å². The van der Waals surface area contributed by atoms with Gasteiger partial charge in [0, 0.05) is 12.2 Å². The Labute approximate surface area is 108 Å². The lowest BCUT2D eigenvalue weighted by atomic mass is 10.3. The van der Waals surface area contributed by atoms with Gasteiger partial charge in [0.15, 0.2) is 6.61 Å². The van der Waals surface area contributed by atoms with Crippen LogP contribution in [0.5, 0.6) is 5.75 Å². The summed E-state index contributed by atoms with van der Waals surface area (Å²) < 4.78 is 5.12. The predicted molar refractivity (Wildman–Crippen MR) is 65.0 cm³/mol. The van der Waals surface area contributed by atoms with Crippen LogP contribution in [0.15, 0.2) is 42.5 Å². The smallest absolute Gasteiger partial charge is 0.328 e. The number of carbonyl (C=O) groups excluding carboxylic acids is 2. The molecule has 0 bridgehead atoms. The summed E-state index contributed by atoms with van der Waals surface area (Å²) in [5.74, 6) is -2.06. The number of carboxylic acids is 1. The van der Waals surface area contributed by atoms with E-state index in [1.54, 1.807) is 24.3 Å². The maximum atomic E-state index is 11.3. The highest BCUT2D eigenvalue weighted by Gasteiger charge is 2.03. The molecule has 1 rings (SSSR count). The highest BCUT2D eigenvalue weighted by atomic mass is 16.5. The van der Waals surface area contributed by atoms with Crippen molar-refractivity contribution in [1.82, 2.24) is 10.9 Å². The van der Waals surface area contributed by atoms with Crippen LogP contribution < -0.4 is 15.6 Å². The number of carbonyl (C=O) groups is 3. The Morgan fingerprint density at radius 2 is 1.79 bits per heavy atom. The first-order valence-corrected chi connectivity index (χ1v) is 5.25. The molecule has 0 aliphatic heterocycles. The van der Waals surface area contributed by atoms with Gasteiger partial charge in [0.25, 0.3) is 11.8 Å². The van der Waals surface area contributed by atoms with Crippen LogP contribution in [0.25, 0.3) is 0 Å². The third-order valence-electron chi connectivity index (χ3n) is 1.82. The van der Waals surface area contributed by atoms with Gasteiger partial charge in [-0.3, -0.25) is 20.4 Å². The van der Waals surface area contributed by atoms with Gasteiger partial charge < -0.3 is 9.84 Å². The summed E-state index contributed by atoms with van der Waals surface area (Å²) >= 11 is 0. The van der Waals surface area contributed by atoms with Crippen molar-refractivity contribution in [2.45, 2.75) is 0 Å². The number of hydrogen-bond donors (Lipinski definition) is 3. The maximum Gasteiger partial charge on any atom is 0.328 e. The van der Waals surface area contributed by atoms with Crippen LogP contribution in [0.3, 0.4) is 0 Å². The molecule has 1 aromatic carbocycles. The molecule has 3 N–H and O–H groups in total. The lowest BCUT2D eigenvalue weighted by Gasteiger charge is -2.07. The van der Waals surface area contributed by atoms with Gasteiger partial charge in [0.1, 0.15) is 5.75 Å². The van der Waals surface area contributed by atoms with E-state index in [2.05, 4.69) is 5.43 Å². The molecule has 0 radical (unpaired) electrons. The first-order valence-electron chi connectivity index (χ1n) is 5.25. The van der Waals surface area contributed by atoms with Crippen LogP contribution in [0.4, 0.5) is 0 Å². The topological polar surface area (TPSA) is 105 Å². The molecule has 2 amide bonds. The maximum absolute atomic E-state index is 11.3. The van der Waals surface area contributed by atoms with Crippen molar-refractivity contribution < 1.29 is 24.2 Å². The van der Waals surface area contributed by atoms with Crippen LogP contribution in [0.1, 0.15) is 0 Å². The summed E-state index contributed by atoms with van der Waals surface area (Å²) in [6, 6.07) is 8.68. The summed E-state index contributed by atoms with van der Waals surface area (Å²) in [5.41, 5.74) is 4.07. The van der Waals surface area contributed by atoms with E-state index in [1.807, 2.05) is 11.5 Å². The van der Waals surface area contributed by atoms with Gasteiger partial charge in [0.2, 0.25) is 0 Å². The Morgan fingerprint density at radius 3 is 2.42 bits per heavy atom. The predicted octanol–water partition coefficient (Wildman–Crippen LogP) is -0.146. The average molecular weight is 264 g/mol. The van der Waals surface area contributed by atoms with E-state index in [0.717, 1.165) is 6.08 Å². The number of amides is 2. The third kappa shape index (κ3) is 6.47. The van der Waals surface area contributed by atoms with Gasteiger partial charge in [-0.25, -0.2) is 4.79 Å². The lowest BCUT2D eigenvalue weighted by molar-refractivity contribution is -0.131. The van der Waals surface area contributed by atoms with E-state index >= 15 is 0 Å². The number of ether oxygens (including phenoxy) is 1. The lowest BCUT2D eigenvalue weighted by Crippen LogP contribution is -2.43. The van der Waals surface area contributed by atoms with Crippen LogP contribution in [0, 0.1) is 0 Å². The zero-order valence-electron chi connectivity index (χ0n) is 9.83. The highest BCUT2D eigenvalue weighted by molar-refractivity contribution is 5.94. The zero-order chi connectivity index (χ0) is 14.1. The number of carboxylic acid groups (broad SMARTS) is 1. The largest absolute Gasteiger partial charge is 0.484 e. The van der Waals surface area contributed by atoms with Crippen molar-refractivity contribution in [3.63, 3.8) is 0 Å². The first-order chi connectivity index (χ1) is 9.08. The minimum absolute atomic E-state index is 0.271. The van der Waals surface area contributed by atoms with Crippen molar-refractivity contribution >= 4 is 17.8 Å². The monoisotopic (exact) mass is 264 g/mol. The van der Waals surface area contributed by atoms with Crippen LogP contribution in [0.2, 0.25) is 0 Å². The third-order valence-corrected chi connectivity index (χ3v) is 1.82. The molecule has 0 aliphatic carbocycles. The Hall–Kier alpha value is -2.83. The number of aliphatic carboxylic acids is 1. The molecule has 7 nitrogen and oxygen atoms in total. The van der Waals surface area contributed by atoms with Gasteiger partial charge in [-0.2, -0.15) is 0 Å². The molecular weight excluding hydrogens is 252 g/mol. The quantitative estimate of drug-likeness (QED) is 0.507. The molecule has 19 heavy (non-hydrogen) atoms. The number of rotatable bonds is 5. The summed E-state index contributed by atoms with van der Waals surface area (Å²) in [6.07, 6.45) is 1.43. The Morgan fingerprint density at radius 1 is 1.11 bits per heavy atom. The van der Waals surface area contributed by atoms with Crippen molar-refractivity contribution in [2.75, 3.05) is 6.61 Å². The van der Waals surface area contributed by atoms with Crippen molar-refractivity contribution in [3.8, 4) is 5.75 Å². The van der Waals surface area contributed by atoms with E-state index in [4.69, 9.17) is 9.84 Å². The van der Waals surface area contributed by atoms with E-state index in [0.29, 0.717) is 11.8 Å². The Kier molecular flexibility index (Phi) is 5.61. The summed E-state index contributed by atoms with van der Waals surface area (Å²) in [6.45, 7) is -0.271. The van der Waals surface area contributed by atoms with Gasteiger partial charge in [-0.15, -0.1) is 0 Å². The second kappa shape index (κ2) is 7.49. The van der Waals surface area contributed by atoms with Gasteiger partial charge in [-0.1, -0.05) is 18.2 Å². The highest BCUT2D eigenvalue weighted by Crippen LogP contribution is 2.07. The van der Waals surface area contributed by atoms with Gasteiger partial charge >= 0.3 is 5.97 Å². The van der Waals surface area contributed by atoms with Crippen molar-refractivity contribution in [2.24, 2.45) is 0 Å². The number of para-hydroxylation sites is 1. The molecule has 0 atom stereocenters. The molecule has 0 fully saturated rings. The summed E-state index contributed by atoms with van der Waals surface area (Å²) in [4.78, 5) is 32.4. The van der Waals surface area contributed by atoms with E-state index in [1.165, 1.54) is 0 Å². The molecule has 0 unspecified atom stereocenters. The molecule has 100 valence electrons. The molecule has 0 aliphatic rings. The molecule has 0 aromatic heterocycles. The van der Waals surface area contributed by atoms with Crippen molar-refractivity contribution in [1.29, 1.82) is 0 Å². The first kappa shape index (κ1) is 14.2. The van der Waals surface area contributed by atoms with Crippen LogP contribution in [-0.4, -0.2) is 29.5 Å². The van der Waals surface area contributed by atoms with E-state index in [-0.39, 0.29) is 6.61 Å². The fourth-order valence-corrected chi connectivity index (χ4v) is 1.02. The zero-order valence-corrected chi connectivity index (χ0v) is 9.83. The summed E-state index contributed by atoms with van der Waals surface area (Å²) in [7, 11) is 0. The normalized spacial score (nSPS) is 9.89. The molecule has 7 heteroatoms. The number of benzene rings is 1. The molecule has 1 aromatic rings. The fourth-order valence-electron chi connectivity index (χ4n) is 1.02. The average Bonchev–Trinajstić information content (AvgIpc) is 2.41. The Bertz CT molecular complexity index is 484. The molecule has 0 saturated heterocycles. The molecule has 0 spiro atoms. The number of hydrazine groups is 1. The van der Waals surface area contributed by atoms with Crippen molar-refractivity contribution in [3.05, 3.63) is 42.5 Å². The standard InChI is InChI=1S/C12H12N2O5/c15-10(6-7-12(17)18)13-14-11(16)8-19-9-4-2-1-3-5-9/h1-7H,8H2,(H,13,15)(H,14,16)(H,17,18)/b7-6+. The summed E-state index contributed by atoms with van der Waals surface area (Å²) in [5, 5.41) is 8.28. The number of nitrogens with one attached hydrogen (secondary N) is 2. The Balaban J connectivity index is 2.25.